The number of fused-ring (bicyclic) bond motifs is 1. The minimum Gasteiger partial charge on any atom is -0.510 e. The lowest BCUT2D eigenvalue weighted by atomic mass is 9.99. The monoisotopic (exact) mass is 738 g/mol. The predicted octanol–water partition coefficient (Wildman–Crippen LogP) is 0.919. The second-order valence-corrected chi connectivity index (χ2v) is 12.0. The standard InChI is InChI=1S/C36H34O17/c37-14-25-29(44)31(46)32(47)36(51-25)49-20-8-4-17(5-9-20)33-34(30(45)28-22(41)11-19(39)12-24(28)50-33)53-35-23(42)13-21(40)26(52-35)15-48-27(43)10-3-16-1-6-18(38)7-2-16/h1-13,23,25-26,29,31-32,35-42,44,46-47H,14-15H2/b10-3+/t23?,25?,26?,29-,31?,32?,35+,36-/m1/s1. The first-order valence-corrected chi connectivity index (χ1v) is 16.0. The smallest absolute Gasteiger partial charge is 0.330 e. The summed E-state index contributed by atoms with van der Waals surface area (Å²) in [5.41, 5.74) is -0.450. The number of rotatable bonds is 10. The lowest BCUT2D eigenvalue weighted by Crippen LogP contribution is -2.60. The summed E-state index contributed by atoms with van der Waals surface area (Å²) >= 11 is 0. The highest BCUT2D eigenvalue weighted by Gasteiger charge is 2.44. The second-order valence-electron chi connectivity index (χ2n) is 12.0. The van der Waals surface area contributed by atoms with Gasteiger partial charge in [-0.15, -0.1) is 0 Å². The van der Waals surface area contributed by atoms with E-state index in [0.29, 0.717) is 5.56 Å². The molecule has 1 fully saturated rings. The fourth-order valence-electron chi connectivity index (χ4n) is 5.52. The van der Waals surface area contributed by atoms with E-state index in [-0.39, 0.29) is 28.4 Å². The molecule has 6 rings (SSSR count). The van der Waals surface area contributed by atoms with E-state index in [4.69, 9.17) is 28.1 Å². The molecule has 4 aromatic rings. The maximum Gasteiger partial charge on any atom is 0.330 e. The summed E-state index contributed by atoms with van der Waals surface area (Å²) in [5.74, 6) is -3.13. The molecule has 3 heterocycles. The van der Waals surface area contributed by atoms with Gasteiger partial charge in [0.2, 0.25) is 23.8 Å². The summed E-state index contributed by atoms with van der Waals surface area (Å²) in [7, 11) is 0. The zero-order valence-electron chi connectivity index (χ0n) is 27.3. The molecule has 53 heavy (non-hydrogen) atoms. The van der Waals surface area contributed by atoms with Crippen LogP contribution in [-0.2, 0) is 19.0 Å². The number of benzene rings is 3. The maximum atomic E-state index is 13.8. The molecule has 0 bridgehead atoms. The van der Waals surface area contributed by atoms with E-state index in [1.165, 1.54) is 42.5 Å². The Balaban J connectivity index is 1.24. The average molecular weight is 739 g/mol. The first-order valence-electron chi connectivity index (χ1n) is 16.0. The highest BCUT2D eigenvalue weighted by atomic mass is 16.7. The molecule has 3 aromatic carbocycles. The number of carbonyl (C=O) groups is 1. The van der Waals surface area contributed by atoms with Crippen molar-refractivity contribution in [2.45, 2.75) is 49.2 Å². The number of ether oxygens (including phenoxy) is 5. The van der Waals surface area contributed by atoms with E-state index in [9.17, 15) is 55.5 Å². The third-order valence-corrected chi connectivity index (χ3v) is 8.30. The van der Waals surface area contributed by atoms with E-state index >= 15 is 0 Å². The summed E-state index contributed by atoms with van der Waals surface area (Å²) in [6.07, 6.45) is -8.89. The Morgan fingerprint density at radius 1 is 0.811 bits per heavy atom. The first kappa shape index (κ1) is 37.1. The minimum absolute atomic E-state index is 0.0442. The molecule has 0 saturated carbocycles. The van der Waals surface area contributed by atoms with Gasteiger partial charge in [-0.2, -0.15) is 0 Å². The zero-order valence-corrected chi connectivity index (χ0v) is 27.3. The summed E-state index contributed by atoms with van der Waals surface area (Å²) in [5, 5.41) is 90.7. The molecule has 2 aliphatic rings. The lowest BCUT2D eigenvalue weighted by Gasteiger charge is -2.39. The number of aliphatic hydroxyl groups excluding tert-OH is 6. The molecule has 280 valence electrons. The summed E-state index contributed by atoms with van der Waals surface area (Å²) < 4.78 is 33.6. The molecule has 9 N–H and O–H groups in total. The molecule has 1 aromatic heterocycles. The van der Waals surface area contributed by atoms with E-state index in [0.717, 1.165) is 24.3 Å². The van der Waals surface area contributed by atoms with E-state index in [2.05, 4.69) is 0 Å². The van der Waals surface area contributed by atoms with Gasteiger partial charge in [0.1, 0.15) is 76.9 Å². The van der Waals surface area contributed by atoms with Crippen molar-refractivity contribution < 1.29 is 78.9 Å². The number of phenolic OH excluding ortho intramolecular Hbond substituents is 3. The van der Waals surface area contributed by atoms with Crippen LogP contribution in [0.5, 0.6) is 28.7 Å². The van der Waals surface area contributed by atoms with Crippen LogP contribution in [0, 0.1) is 0 Å². The predicted molar refractivity (Wildman–Crippen MR) is 180 cm³/mol. The number of esters is 1. The Kier molecular flexibility index (Phi) is 10.9. The number of carbonyl (C=O) groups excluding carboxylic acids is 1. The van der Waals surface area contributed by atoms with Crippen LogP contribution in [0.25, 0.3) is 28.4 Å². The quantitative estimate of drug-likeness (QED) is 0.0808. The van der Waals surface area contributed by atoms with Crippen molar-refractivity contribution in [1.29, 1.82) is 0 Å². The summed E-state index contributed by atoms with van der Waals surface area (Å²) in [6, 6.07) is 13.5. The Bertz CT molecular complexity index is 2050. The van der Waals surface area contributed by atoms with E-state index in [1.807, 2.05) is 0 Å². The van der Waals surface area contributed by atoms with Crippen molar-refractivity contribution in [3.63, 3.8) is 0 Å². The van der Waals surface area contributed by atoms with Crippen LogP contribution < -0.4 is 14.9 Å². The fraction of sp³-hybridized carbons (Fsp3) is 0.278. The normalized spacial score (nSPS) is 25.9. The van der Waals surface area contributed by atoms with Gasteiger partial charge in [-0.25, -0.2) is 4.79 Å². The van der Waals surface area contributed by atoms with Gasteiger partial charge >= 0.3 is 5.97 Å². The molecular formula is C36H34O17. The van der Waals surface area contributed by atoms with E-state index < -0.39 is 102 Å². The zero-order chi connectivity index (χ0) is 38.0. The summed E-state index contributed by atoms with van der Waals surface area (Å²) in [4.78, 5) is 26.2. The van der Waals surface area contributed by atoms with E-state index in [1.54, 1.807) is 12.1 Å². The van der Waals surface area contributed by atoms with Crippen molar-refractivity contribution in [2.24, 2.45) is 0 Å². The third-order valence-electron chi connectivity index (χ3n) is 8.30. The topological polar surface area (TPSA) is 275 Å². The van der Waals surface area contributed by atoms with Gasteiger partial charge in [-0.3, -0.25) is 4.79 Å². The number of hydrogen-bond acceptors (Lipinski definition) is 17. The van der Waals surface area contributed by atoms with Gasteiger partial charge in [0.15, 0.2) is 11.9 Å². The van der Waals surface area contributed by atoms with Gasteiger partial charge in [-0.05, 0) is 54.1 Å². The molecule has 0 amide bonds. The molecule has 0 radical (unpaired) electrons. The molecule has 17 heteroatoms. The van der Waals surface area contributed by atoms with Crippen molar-refractivity contribution >= 4 is 23.0 Å². The van der Waals surface area contributed by atoms with Crippen LogP contribution in [-0.4, -0.2) is 114 Å². The number of aromatic hydroxyl groups is 3. The van der Waals surface area contributed by atoms with Crippen LogP contribution >= 0.6 is 0 Å². The SMILES string of the molecule is O=C(/C=C/c1ccc(O)cc1)OCC1O[C@@H](Oc2c(-c3ccc(O[C@@H]4OC(CO)[C@@H](O)C(O)C4O)cc3)oc3cc(O)cc(O)c3c2=O)C(O)C=C1O. The van der Waals surface area contributed by atoms with Gasteiger partial charge < -0.3 is 74.1 Å². The Morgan fingerprint density at radius 3 is 2.23 bits per heavy atom. The van der Waals surface area contributed by atoms with Gasteiger partial charge in [0.05, 0.1) is 6.61 Å². The lowest BCUT2D eigenvalue weighted by molar-refractivity contribution is -0.277. The van der Waals surface area contributed by atoms with Gasteiger partial charge in [-0.1, -0.05) is 12.1 Å². The average Bonchev–Trinajstić information content (AvgIpc) is 3.13. The van der Waals surface area contributed by atoms with Crippen LogP contribution in [0.2, 0.25) is 0 Å². The molecule has 0 spiro atoms. The van der Waals surface area contributed by atoms with Crippen molar-refractivity contribution in [2.75, 3.05) is 13.2 Å². The molecule has 1 saturated heterocycles. The third kappa shape index (κ3) is 8.06. The molecule has 17 nitrogen and oxygen atoms in total. The van der Waals surface area contributed by atoms with Crippen LogP contribution in [0.1, 0.15) is 5.56 Å². The second kappa shape index (κ2) is 15.5. The highest BCUT2D eigenvalue weighted by Crippen LogP contribution is 2.38. The molecule has 2 aliphatic heterocycles. The minimum atomic E-state index is -1.70. The molecule has 5 unspecified atom stereocenters. The van der Waals surface area contributed by atoms with Crippen molar-refractivity contribution in [3.8, 4) is 40.1 Å². The molecule has 0 aliphatic carbocycles. The Labute approximate surface area is 298 Å². The number of phenols is 3. The largest absolute Gasteiger partial charge is 0.510 e. The van der Waals surface area contributed by atoms with Crippen molar-refractivity contribution in [1.82, 2.24) is 0 Å². The first-order chi connectivity index (χ1) is 25.3. The van der Waals surface area contributed by atoms with Crippen LogP contribution in [0.15, 0.2) is 87.8 Å². The Morgan fingerprint density at radius 2 is 1.53 bits per heavy atom. The van der Waals surface area contributed by atoms with Gasteiger partial charge in [0.25, 0.3) is 0 Å². The molecule has 8 atom stereocenters. The fourth-order valence-corrected chi connectivity index (χ4v) is 5.52. The van der Waals surface area contributed by atoms with Crippen LogP contribution in [0.3, 0.4) is 0 Å². The van der Waals surface area contributed by atoms with Crippen molar-refractivity contribution in [3.05, 3.63) is 94.4 Å². The number of aliphatic hydroxyl groups is 6. The van der Waals surface area contributed by atoms with Crippen LogP contribution in [0.4, 0.5) is 0 Å². The summed E-state index contributed by atoms with van der Waals surface area (Å²) in [6.45, 7) is -1.21. The Hall–Kier alpha value is -5.66. The highest BCUT2D eigenvalue weighted by molar-refractivity contribution is 5.88. The maximum absolute atomic E-state index is 13.8. The molecular weight excluding hydrogens is 704 g/mol. The van der Waals surface area contributed by atoms with Gasteiger partial charge in [0, 0.05) is 23.8 Å². The number of hydrogen-bond donors (Lipinski definition) is 9.